The van der Waals surface area contributed by atoms with Gasteiger partial charge in [-0.15, -0.1) is 0 Å². The zero-order valence-electron chi connectivity index (χ0n) is 21.5. The summed E-state index contributed by atoms with van der Waals surface area (Å²) < 4.78 is 0. The molecule has 3 aromatic rings. The Bertz CT molecular complexity index is 1150. The molecule has 3 aromatic carbocycles. The molecule has 0 aliphatic carbocycles. The van der Waals surface area contributed by atoms with E-state index in [0.717, 1.165) is 55.1 Å². The van der Waals surface area contributed by atoms with Gasteiger partial charge >= 0.3 is 0 Å². The van der Waals surface area contributed by atoms with Crippen LogP contribution in [0.3, 0.4) is 0 Å². The lowest BCUT2D eigenvalue weighted by Gasteiger charge is -2.36. The van der Waals surface area contributed by atoms with Gasteiger partial charge in [-0.2, -0.15) is 0 Å². The summed E-state index contributed by atoms with van der Waals surface area (Å²) in [5.74, 6) is 0.0969. The third-order valence-electron chi connectivity index (χ3n) is 7.01. The average Bonchev–Trinajstić information content (AvgIpc) is 2.91. The number of carbonyl (C=O) groups is 2. The van der Waals surface area contributed by atoms with Crippen molar-refractivity contribution in [2.24, 2.45) is 0 Å². The first-order chi connectivity index (χ1) is 17.5. The van der Waals surface area contributed by atoms with Gasteiger partial charge in [-0.05, 0) is 72.9 Å². The fraction of sp³-hybridized carbons (Fsp3) is 0.355. The van der Waals surface area contributed by atoms with Crippen molar-refractivity contribution in [3.63, 3.8) is 0 Å². The molecular weight excluding hydrogens is 446 g/mol. The highest BCUT2D eigenvalue weighted by atomic mass is 16.2. The van der Waals surface area contributed by atoms with Crippen molar-refractivity contribution >= 4 is 23.2 Å². The van der Waals surface area contributed by atoms with E-state index in [-0.39, 0.29) is 11.8 Å². The largest absolute Gasteiger partial charge is 0.368 e. The van der Waals surface area contributed by atoms with Crippen molar-refractivity contribution < 1.29 is 9.59 Å². The third-order valence-corrected chi connectivity index (χ3v) is 7.01. The van der Waals surface area contributed by atoms with E-state index in [1.165, 1.54) is 24.8 Å². The number of amides is 2. The van der Waals surface area contributed by atoms with Gasteiger partial charge in [-0.1, -0.05) is 56.2 Å². The highest BCUT2D eigenvalue weighted by Crippen LogP contribution is 2.21. The number of nitrogens with one attached hydrogen (secondary N) is 1. The lowest BCUT2D eigenvalue weighted by atomic mass is 10.0. The molecule has 5 heteroatoms. The van der Waals surface area contributed by atoms with E-state index < -0.39 is 0 Å². The van der Waals surface area contributed by atoms with Crippen LogP contribution in [-0.2, 0) is 17.6 Å². The second-order valence-corrected chi connectivity index (χ2v) is 9.63. The molecule has 1 saturated heterocycles. The summed E-state index contributed by atoms with van der Waals surface area (Å²) in [5.41, 5.74) is 6.10. The molecule has 1 heterocycles. The maximum atomic E-state index is 12.8. The summed E-state index contributed by atoms with van der Waals surface area (Å²) in [6, 6.07) is 24.0. The van der Waals surface area contributed by atoms with Crippen LogP contribution in [0.4, 0.5) is 11.4 Å². The Morgan fingerprint density at radius 1 is 0.833 bits per heavy atom. The summed E-state index contributed by atoms with van der Waals surface area (Å²) in [6.07, 6.45) is 5.16. The smallest absolute Gasteiger partial charge is 0.255 e. The summed E-state index contributed by atoms with van der Waals surface area (Å²) >= 11 is 0. The predicted octanol–water partition coefficient (Wildman–Crippen LogP) is 5.87. The van der Waals surface area contributed by atoms with Crippen LogP contribution < -0.4 is 10.2 Å². The SMILES string of the molecule is CCCCCc1ccc(C(=O)Nc2ccc(N3CCN(C(=O)Cc4ccccc4C)CC3)cc2)cc1. The van der Waals surface area contributed by atoms with Gasteiger partial charge in [0.1, 0.15) is 0 Å². The van der Waals surface area contributed by atoms with E-state index in [9.17, 15) is 9.59 Å². The van der Waals surface area contributed by atoms with E-state index in [1.54, 1.807) is 0 Å². The number of unbranched alkanes of at least 4 members (excludes halogenated alkanes) is 2. The molecule has 0 atom stereocenters. The summed E-state index contributed by atoms with van der Waals surface area (Å²) in [5, 5.41) is 3.00. The number of aryl methyl sites for hydroxylation is 2. The van der Waals surface area contributed by atoms with Crippen LogP contribution >= 0.6 is 0 Å². The van der Waals surface area contributed by atoms with Gasteiger partial charge in [0.05, 0.1) is 6.42 Å². The van der Waals surface area contributed by atoms with Crippen LogP contribution in [0.2, 0.25) is 0 Å². The number of anilines is 2. The molecule has 1 aliphatic rings. The number of piperazine rings is 1. The van der Waals surface area contributed by atoms with E-state index >= 15 is 0 Å². The molecule has 2 amide bonds. The van der Waals surface area contributed by atoms with Gasteiger partial charge in [-0.3, -0.25) is 9.59 Å². The average molecular weight is 484 g/mol. The van der Waals surface area contributed by atoms with Crippen molar-refractivity contribution in [3.05, 3.63) is 95.1 Å². The standard InChI is InChI=1S/C31H37N3O2/c1-3-4-5-9-25-11-13-26(14-12-25)31(36)32-28-15-17-29(18-16-28)33-19-21-34(22-20-33)30(35)23-27-10-7-6-8-24(27)2/h6-8,10-18H,3-5,9,19-23H2,1-2H3,(H,32,36). The molecule has 1 aliphatic heterocycles. The zero-order chi connectivity index (χ0) is 25.3. The Balaban J connectivity index is 1.26. The van der Waals surface area contributed by atoms with Crippen molar-refractivity contribution in [2.75, 3.05) is 36.4 Å². The Hall–Kier alpha value is -3.60. The minimum atomic E-state index is -0.0939. The number of nitrogens with zero attached hydrogens (tertiary/aromatic N) is 2. The number of carbonyl (C=O) groups excluding carboxylic acids is 2. The van der Waals surface area contributed by atoms with Gasteiger partial charge in [0, 0.05) is 43.1 Å². The van der Waals surface area contributed by atoms with Crippen molar-refractivity contribution in [2.45, 2.75) is 46.0 Å². The minimum absolute atomic E-state index is 0.0939. The molecule has 1 N–H and O–H groups in total. The second-order valence-electron chi connectivity index (χ2n) is 9.63. The molecule has 188 valence electrons. The van der Waals surface area contributed by atoms with Crippen LogP contribution in [0.25, 0.3) is 0 Å². The third kappa shape index (κ3) is 6.75. The molecule has 1 fully saturated rings. The van der Waals surface area contributed by atoms with E-state index in [1.807, 2.05) is 59.5 Å². The predicted molar refractivity (Wildman–Crippen MR) is 148 cm³/mol. The van der Waals surface area contributed by atoms with Crippen molar-refractivity contribution in [3.8, 4) is 0 Å². The highest BCUT2D eigenvalue weighted by molar-refractivity contribution is 6.04. The first-order valence-corrected chi connectivity index (χ1v) is 13.1. The monoisotopic (exact) mass is 483 g/mol. The molecule has 0 spiro atoms. The lowest BCUT2D eigenvalue weighted by Crippen LogP contribution is -2.49. The molecule has 5 nitrogen and oxygen atoms in total. The fourth-order valence-electron chi connectivity index (χ4n) is 4.66. The van der Waals surface area contributed by atoms with Crippen LogP contribution in [-0.4, -0.2) is 42.9 Å². The minimum Gasteiger partial charge on any atom is -0.368 e. The van der Waals surface area contributed by atoms with Crippen LogP contribution in [0.5, 0.6) is 0 Å². The van der Waals surface area contributed by atoms with Gasteiger partial charge in [0.2, 0.25) is 5.91 Å². The van der Waals surface area contributed by atoms with Crippen LogP contribution in [0.1, 0.15) is 53.2 Å². The van der Waals surface area contributed by atoms with Gasteiger partial charge in [0.25, 0.3) is 5.91 Å². The summed E-state index contributed by atoms with van der Waals surface area (Å²) in [7, 11) is 0. The Kier molecular flexibility index (Phi) is 8.77. The van der Waals surface area contributed by atoms with Gasteiger partial charge in [0.15, 0.2) is 0 Å². The molecular formula is C31H37N3O2. The van der Waals surface area contributed by atoms with E-state index in [2.05, 4.69) is 42.3 Å². The van der Waals surface area contributed by atoms with Crippen LogP contribution in [0.15, 0.2) is 72.8 Å². The maximum absolute atomic E-state index is 12.8. The number of hydrogen-bond donors (Lipinski definition) is 1. The molecule has 0 bridgehead atoms. The molecule has 0 radical (unpaired) electrons. The zero-order valence-corrected chi connectivity index (χ0v) is 21.5. The lowest BCUT2D eigenvalue weighted by molar-refractivity contribution is -0.130. The van der Waals surface area contributed by atoms with E-state index in [0.29, 0.717) is 12.0 Å². The first kappa shape index (κ1) is 25.5. The molecule has 0 saturated carbocycles. The highest BCUT2D eigenvalue weighted by Gasteiger charge is 2.21. The Morgan fingerprint density at radius 3 is 2.19 bits per heavy atom. The number of hydrogen-bond acceptors (Lipinski definition) is 3. The van der Waals surface area contributed by atoms with Gasteiger partial charge < -0.3 is 15.1 Å². The maximum Gasteiger partial charge on any atom is 0.255 e. The second kappa shape index (κ2) is 12.4. The quantitative estimate of drug-likeness (QED) is 0.387. The fourth-order valence-corrected chi connectivity index (χ4v) is 4.66. The Morgan fingerprint density at radius 2 is 1.53 bits per heavy atom. The molecule has 4 rings (SSSR count). The van der Waals surface area contributed by atoms with E-state index in [4.69, 9.17) is 0 Å². The molecule has 0 unspecified atom stereocenters. The molecule has 36 heavy (non-hydrogen) atoms. The Labute approximate surface area is 215 Å². The van der Waals surface area contributed by atoms with Gasteiger partial charge in [-0.25, -0.2) is 0 Å². The summed E-state index contributed by atoms with van der Waals surface area (Å²) in [6.45, 7) is 7.30. The van der Waals surface area contributed by atoms with Crippen molar-refractivity contribution in [1.82, 2.24) is 4.90 Å². The number of benzene rings is 3. The normalized spacial score (nSPS) is 13.5. The molecule has 0 aromatic heterocycles. The topological polar surface area (TPSA) is 52.7 Å². The van der Waals surface area contributed by atoms with Crippen LogP contribution in [0, 0.1) is 6.92 Å². The number of rotatable bonds is 9. The van der Waals surface area contributed by atoms with Crippen molar-refractivity contribution in [1.29, 1.82) is 0 Å². The summed E-state index contributed by atoms with van der Waals surface area (Å²) in [4.78, 5) is 29.7. The first-order valence-electron chi connectivity index (χ1n) is 13.1.